The van der Waals surface area contributed by atoms with E-state index in [1.54, 1.807) is 9.83 Å². The van der Waals surface area contributed by atoms with Crippen LogP contribution >= 0.6 is 20.6 Å². The molecule has 48 valence electrons. The first-order chi connectivity index (χ1) is 3.60. The maximum atomic E-state index is 7.36. The highest BCUT2D eigenvalue weighted by molar-refractivity contribution is 9.07. The summed E-state index contributed by atoms with van der Waals surface area (Å²) < 4.78 is 7.73. The third kappa shape index (κ3) is 1.67. The highest BCUT2D eigenvalue weighted by atomic mass is 33.5. The van der Waals surface area contributed by atoms with E-state index in [-0.39, 0.29) is 9.72 Å². The number of nitrogens with one attached hydrogen (secondary N) is 1. The average Bonchev–Trinajstić information content (AvgIpc) is 1.82. The molecule has 1 aliphatic heterocycles. The van der Waals surface area contributed by atoms with Gasteiger partial charge in [0.05, 0.1) is 0 Å². The van der Waals surface area contributed by atoms with Crippen LogP contribution in [0.5, 0.6) is 0 Å². The zero-order valence-electron chi connectivity index (χ0n) is 4.93. The summed E-state index contributed by atoms with van der Waals surface area (Å²) in [6.07, 6.45) is 0. The predicted octanol–water partition coefficient (Wildman–Crippen LogP) is 2.46. The smallest absolute Gasteiger partial charge is 0.0323 e. The SMILES string of the molecule is CC1(C)CS(=N)SS1. The van der Waals surface area contributed by atoms with Crippen LogP contribution < -0.4 is 0 Å². The molecule has 0 saturated carbocycles. The Kier molecular flexibility index (Phi) is 1.94. The monoisotopic (exact) mass is 167 g/mol. The lowest BCUT2D eigenvalue weighted by molar-refractivity contribution is 0.825. The molecule has 1 saturated heterocycles. The van der Waals surface area contributed by atoms with Crippen molar-refractivity contribution in [2.45, 2.75) is 18.6 Å². The fourth-order valence-corrected chi connectivity index (χ4v) is 7.30. The van der Waals surface area contributed by atoms with Gasteiger partial charge in [-0.2, -0.15) is 0 Å². The van der Waals surface area contributed by atoms with Crippen molar-refractivity contribution in [2.24, 2.45) is 0 Å². The highest BCUT2D eigenvalue weighted by Crippen LogP contribution is 2.46. The number of rotatable bonds is 0. The Morgan fingerprint density at radius 2 is 2.25 bits per heavy atom. The molecule has 1 nitrogen and oxygen atoms in total. The van der Waals surface area contributed by atoms with Crippen LogP contribution in [-0.2, 0) is 9.72 Å². The molecule has 0 amide bonds. The van der Waals surface area contributed by atoms with Gasteiger partial charge < -0.3 is 0 Å². The lowest BCUT2D eigenvalue weighted by Crippen LogP contribution is -2.14. The summed E-state index contributed by atoms with van der Waals surface area (Å²) in [5, 5.41) is 0. The van der Waals surface area contributed by atoms with Gasteiger partial charge >= 0.3 is 0 Å². The van der Waals surface area contributed by atoms with Crippen molar-refractivity contribution in [3.63, 3.8) is 0 Å². The van der Waals surface area contributed by atoms with Gasteiger partial charge in [-0.15, -0.1) is 0 Å². The van der Waals surface area contributed by atoms with Gasteiger partial charge in [0.25, 0.3) is 0 Å². The van der Waals surface area contributed by atoms with Gasteiger partial charge in [-0.1, -0.05) is 10.8 Å². The van der Waals surface area contributed by atoms with Gasteiger partial charge in [-0.3, -0.25) is 4.78 Å². The van der Waals surface area contributed by atoms with E-state index in [9.17, 15) is 0 Å². The van der Waals surface area contributed by atoms with Crippen LogP contribution in [0.15, 0.2) is 0 Å². The van der Waals surface area contributed by atoms with E-state index >= 15 is 0 Å². The summed E-state index contributed by atoms with van der Waals surface area (Å²) in [7, 11) is 3.45. The second-order valence-electron chi connectivity index (χ2n) is 2.40. The first kappa shape index (κ1) is 6.96. The minimum Gasteiger partial charge on any atom is -0.269 e. The molecule has 1 unspecified atom stereocenters. The molecule has 1 rings (SSSR count). The lowest BCUT2D eigenvalue weighted by Gasteiger charge is -2.10. The second-order valence-corrected chi connectivity index (χ2v) is 8.13. The molecule has 1 fully saturated rings. The van der Waals surface area contributed by atoms with Crippen LogP contribution in [-0.4, -0.2) is 10.5 Å². The van der Waals surface area contributed by atoms with Gasteiger partial charge in [-0.05, 0) is 33.4 Å². The zero-order chi connectivity index (χ0) is 6.20. The van der Waals surface area contributed by atoms with E-state index in [4.69, 9.17) is 4.78 Å². The molecule has 0 bridgehead atoms. The van der Waals surface area contributed by atoms with E-state index in [2.05, 4.69) is 13.8 Å². The van der Waals surface area contributed by atoms with E-state index < -0.39 is 0 Å². The highest BCUT2D eigenvalue weighted by Gasteiger charge is 2.27. The third-order valence-corrected chi connectivity index (χ3v) is 7.31. The Balaban J connectivity index is 2.56. The summed E-state index contributed by atoms with van der Waals surface area (Å²) in [5.41, 5.74) is 0. The van der Waals surface area contributed by atoms with Gasteiger partial charge in [-0.25, -0.2) is 0 Å². The standard InChI is InChI=1S/C4H9NS3/c1-4(2)3-8(5)7-6-4/h5H,3H2,1-2H3. The van der Waals surface area contributed by atoms with Crippen LogP contribution in [0, 0.1) is 4.78 Å². The van der Waals surface area contributed by atoms with E-state index in [1.165, 1.54) is 0 Å². The Labute approximate surface area is 59.7 Å². The van der Waals surface area contributed by atoms with Gasteiger partial charge in [0.2, 0.25) is 0 Å². The summed E-state index contributed by atoms with van der Waals surface area (Å²) in [4.78, 5) is 0. The molecule has 1 N–H and O–H groups in total. The first-order valence-corrected chi connectivity index (χ1v) is 6.44. The Morgan fingerprint density at radius 3 is 2.38 bits per heavy atom. The molecule has 1 aliphatic rings. The average molecular weight is 167 g/mol. The molecular formula is C4H9NS3. The molecular weight excluding hydrogens is 158 g/mol. The molecule has 8 heavy (non-hydrogen) atoms. The normalized spacial score (nSPS) is 35.5. The van der Waals surface area contributed by atoms with E-state index in [1.807, 2.05) is 10.8 Å². The molecule has 0 radical (unpaired) electrons. The van der Waals surface area contributed by atoms with Crippen molar-refractivity contribution < 1.29 is 0 Å². The predicted molar refractivity (Wildman–Crippen MR) is 44.2 cm³/mol. The van der Waals surface area contributed by atoms with Gasteiger partial charge in [0, 0.05) is 10.5 Å². The quantitative estimate of drug-likeness (QED) is 0.560. The minimum atomic E-state index is -0.113. The zero-order valence-corrected chi connectivity index (χ0v) is 7.38. The molecule has 0 aromatic carbocycles. The van der Waals surface area contributed by atoms with Gasteiger partial charge in [0.1, 0.15) is 0 Å². The molecule has 0 aromatic rings. The Bertz CT molecular complexity index is 120. The van der Waals surface area contributed by atoms with Crippen molar-refractivity contribution in [1.82, 2.24) is 0 Å². The fraction of sp³-hybridized carbons (Fsp3) is 1.00. The Hall–Kier alpha value is 0.850. The molecule has 1 atom stereocenters. The summed E-state index contributed by atoms with van der Waals surface area (Å²) >= 11 is 0. The summed E-state index contributed by atoms with van der Waals surface area (Å²) in [6, 6.07) is 0. The van der Waals surface area contributed by atoms with E-state index in [0.717, 1.165) is 5.75 Å². The van der Waals surface area contributed by atoms with Crippen molar-refractivity contribution in [3.8, 4) is 0 Å². The molecule has 0 spiro atoms. The van der Waals surface area contributed by atoms with Crippen molar-refractivity contribution >= 4 is 30.3 Å². The lowest BCUT2D eigenvalue weighted by atomic mass is 10.2. The molecule has 0 aromatic heterocycles. The van der Waals surface area contributed by atoms with Gasteiger partial charge in [0.15, 0.2) is 0 Å². The van der Waals surface area contributed by atoms with Crippen LogP contribution in [0.3, 0.4) is 0 Å². The van der Waals surface area contributed by atoms with Crippen LogP contribution in [0.4, 0.5) is 0 Å². The minimum absolute atomic E-state index is 0.113. The van der Waals surface area contributed by atoms with Crippen LogP contribution in [0.2, 0.25) is 0 Å². The second kappa shape index (κ2) is 2.23. The maximum absolute atomic E-state index is 7.36. The number of hydrogen-bond donors (Lipinski definition) is 1. The molecule has 0 aliphatic carbocycles. The first-order valence-electron chi connectivity index (χ1n) is 2.38. The van der Waals surface area contributed by atoms with E-state index in [0.29, 0.717) is 4.75 Å². The van der Waals surface area contributed by atoms with Crippen molar-refractivity contribution in [2.75, 3.05) is 5.75 Å². The molecule has 1 heterocycles. The third-order valence-electron chi connectivity index (χ3n) is 0.820. The summed E-state index contributed by atoms with van der Waals surface area (Å²) in [5.74, 6) is 1.06. The Morgan fingerprint density at radius 1 is 1.62 bits per heavy atom. The largest absolute Gasteiger partial charge is 0.269 e. The fourth-order valence-electron chi connectivity index (χ4n) is 0.497. The molecule has 4 heteroatoms. The van der Waals surface area contributed by atoms with Crippen molar-refractivity contribution in [3.05, 3.63) is 0 Å². The summed E-state index contributed by atoms with van der Waals surface area (Å²) in [6.45, 7) is 4.40. The van der Waals surface area contributed by atoms with Crippen LogP contribution in [0.25, 0.3) is 0 Å². The van der Waals surface area contributed by atoms with Crippen LogP contribution in [0.1, 0.15) is 13.8 Å². The maximum Gasteiger partial charge on any atom is 0.0323 e. The topological polar surface area (TPSA) is 23.9 Å². The number of hydrogen-bond acceptors (Lipinski definition) is 3. The van der Waals surface area contributed by atoms with Crippen molar-refractivity contribution in [1.29, 1.82) is 4.78 Å².